The van der Waals surface area contributed by atoms with Crippen LogP contribution in [0.3, 0.4) is 0 Å². The summed E-state index contributed by atoms with van der Waals surface area (Å²) in [6.07, 6.45) is 4.90. The Morgan fingerprint density at radius 1 is 0.900 bits per heavy atom. The fraction of sp³-hybridized carbons (Fsp3) is 0.625. The van der Waals surface area contributed by atoms with E-state index in [1.54, 1.807) is 30.3 Å². The number of benzene rings is 1. The summed E-state index contributed by atoms with van der Waals surface area (Å²) in [5.74, 6) is 0. The highest BCUT2D eigenvalue weighted by atomic mass is 32.2. The second-order valence-corrected chi connectivity index (χ2v) is 5.70. The third kappa shape index (κ3) is 6.53. The molecule has 3 nitrogen and oxygen atoms in total. The van der Waals surface area contributed by atoms with Gasteiger partial charge in [-0.2, -0.15) is 8.42 Å². The van der Waals surface area contributed by atoms with E-state index in [1.807, 2.05) is 27.7 Å². The Morgan fingerprint density at radius 3 is 1.90 bits per heavy atom. The fourth-order valence-electron chi connectivity index (χ4n) is 1.98. The van der Waals surface area contributed by atoms with Crippen LogP contribution in [0, 0.1) is 0 Å². The molecule has 0 N–H and O–H groups in total. The summed E-state index contributed by atoms with van der Waals surface area (Å²) in [4.78, 5) is 0.251. The summed E-state index contributed by atoms with van der Waals surface area (Å²) in [5.41, 5.74) is 0. The lowest BCUT2D eigenvalue weighted by molar-refractivity contribution is 0.162. The molecule has 0 saturated heterocycles. The first-order valence-corrected chi connectivity index (χ1v) is 9.08. The zero-order valence-corrected chi connectivity index (χ0v) is 13.9. The molecular weight excluding hydrogens is 272 g/mol. The normalized spacial score (nSPS) is 15.4. The van der Waals surface area contributed by atoms with Crippen molar-refractivity contribution in [2.24, 2.45) is 0 Å². The first kappa shape index (κ1) is 19.1. The van der Waals surface area contributed by atoms with Crippen molar-refractivity contribution in [1.82, 2.24) is 0 Å². The molecule has 0 atom stereocenters. The zero-order valence-electron chi connectivity index (χ0n) is 13.1. The van der Waals surface area contributed by atoms with Crippen LogP contribution in [-0.4, -0.2) is 14.5 Å². The molecule has 116 valence electrons. The van der Waals surface area contributed by atoms with Crippen LogP contribution >= 0.6 is 0 Å². The van der Waals surface area contributed by atoms with Crippen LogP contribution in [0.1, 0.15) is 59.8 Å². The molecule has 4 heteroatoms. The van der Waals surface area contributed by atoms with Crippen molar-refractivity contribution in [2.45, 2.75) is 70.8 Å². The summed E-state index contributed by atoms with van der Waals surface area (Å²) in [5, 5.41) is 0. The van der Waals surface area contributed by atoms with E-state index in [2.05, 4.69) is 0 Å². The molecule has 0 radical (unpaired) electrons. The summed E-state index contributed by atoms with van der Waals surface area (Å²) >= 11 is 0. The van der Waals surface area contributed by atoms with E-state index >= 15 is 0 Å². The first-order chi connectivity index (χ1) is 9.68. The SMILES string of the molecule is CC.CC.O=S(=O)(OC1CCCCC1)c1ccccc1. The van der Waals surface area contributed by atoms with Crippen LogP contribution in [0.25, 0.3) is 0 Å². The van der Waals surface area contributed by atoms with Crippen molar-refractivity contribution in [2.75, 3.05) is 0 Å². The van der Waals surface area contributed by atoms with Gasteiger partial charge in [0.05, 0.1) is 11.0 Å². The van der Waals surface area contributed by atoms with Crippen molar-refractivity contribution in [3.05, 3.63) is 30.3 Å². The van der Waals surface area contributed by atoms with Crippen LogP contribution in [0.2, 0.25) is 0 Å². The second kappa shape index (κ2) is 10.9. The van der Waals surface area contributed by atoms with E-state index in [1.165, 1.54) is 6.42 Å². The first-order valence-electron chi connectivity index (χ1n) is 7.67. The van der Waals surface area contributed by atoms with Gasteiger partial charge >= 0.3 is 0 Å². The van der Waals surface area contributed by atoms with Gasteiger partial charge in [-0.3, -0.25) is 4.18 Å². The summed E-state index contributed by atoms with van der Waals surface area (Å²) in [6, 6.07) is 8.34. The summed E-state index contributed by atoms with van der Waals surface area (Å²) in [6.45, 7) is 8.00. The van der Waals surface area contributed by atoms with Gasteiger partial charge in [0.1, 0.15) is 0 Å². The van der Waals surface area contributed by atoms with E-state index in [4.69, 9.17) is 4.18 Å². The Labute approximate surface area is 124 Å². The molecule has 0 aromatic heterocycles. The third-order valence-corrected chi connectivity index (χ3v) is 4.22. The van der Waals surface area contributed by atoms with E-state index in [-0.39, 0.29) is 11.0 Å². The maximum absolute atomic E-state index is 11.9. The molecule has 1 aliphatic carbocycles. The minimum Gasteiger partial charge on any atom is -0.263 e. The van der Waals surface area contributed by atoms with Gasteiger partial charge in [-0.15, -0.1) is 0 Å². The maximum Gasteiger partial charge on any atom is 0.297 e. The monoisotopic (exact) mass is 300 g/mol. The molecule has 0 unspecified atom stereocenters. The van der Waals surface area contributed by atoms with Gasteiger partial charge in [0.2, 0.25) is 0 Å². The largest absolute Gasteiger partial charge is 0.297 e. The molecule has 1 aliphatic rings. The molecule has 2 rings (SSSR count). The average Bonchev–Trinajstić information content (AvgIpc) is 2.53. The lowest BCUT2D eigenvalue weighted by Gasteiger charge is -2.21. The minimum atomic E-state index is -3.56. The topological polar surface area (TPSA) is 43.4 Å². The fourth-order valence-corrected chi connectivity index (χ4v) is 3.14. The van der Waals surface area contributed by atoms with Crippen molar-refractivity contribution in [3.63, 3.8) is 0 Å². The Balaban J connectivity index is 0.000000829. The lowest BCUT2D eigenvalue weighted by atomic mass is 9.98. The second-order valence-electron chi connectivity index (χ2n) is 4.12. The quantitative estimate of drug-likeness (QED) is 0.755. The van der Waals surface area contributed by atoms with Gasteiger partial charge in [0.15, 0.2) is 0 Å². The van der Waals surface area contributed by atoms with Crippen LogP contribution < -0.4 is 0 Å². The summed E-state index contributed by atoms with van der Waals surface area (Å²) < 4.78 is 29.0. The van der Waals surface area contributed by atoms with Gasteiger partial charge in [0, 0.05) is 0 Å². The van der Waals surface area contributed by atoms with E-state index < -0.39 is 10.1 Å². The summed E-state index contributed by atoms with van der Waals surface area (Å²) in [7, 11) is -3.56. The Kier molecular flexibility index (Phi) is 10.4. The van der Waals surface area contributed by atoms with Crippen molar-refractivity contribution < 1.29 is 12.6 Å². The van der Waals surface area contributed by atoms with E-state index in [0.717, 1.165) is 25.7 Å². The molecule has 0 amide bonds. The van der Waals surface area contributed by atoms with Crippen LogP contribution in [0.4, 0.5) is 0 Å². The minimum absolute atomic E-state index is 0.126. The molecule has 0 bridgehead atoms. The molecule has 1 aromatic rings. The number of hydrogen-bond donors (Lipinski definition) is 0. The van der Waals surface area contributed by atoms with Crippen LogP contribution in [0.15, 0.2) is 35.2 Å². The molecule has 1 saturated carbocycles. The standard InChI is InChI=1S/C12H16O3S.2C2H6/c13-16(14,12-9-5-2-6-10-12)15-11-7-3-1-4-8-11;2*1-2/h2,5-6,9-11H,1,3-4,7-8H2;2*1-2H3. The average molecular weight is 300 g/mol. The number of rotatable bonds is 3. The maximum atomic E-state index is 11.9. The van der Waals surface area contributed by atoms with Crippen molar-refractivity contribution in [3.8, 4) is 0 Å². The van der Waals surface area contributed by atoms with E-state index in [9.17, 15) is 8.42 Å². The molecule has 1 aromatic carbocycles. The molecule has 20 heavy (non-hydrogen) atoms. The Morgan fingerprint density at radius 2 is 1.40 bits per heavy atom. The van der Waals surface area contributed by atoms with Gasteiger partial charge in [-0.1, -0.05) is 65.2 Å². The molecule has 1 fully saturated rings. The van der Waals surface area contributed by atoms with Gasteiger partial charge in [0.25, 0.3) is 10.1 Å². The smallest absolute Gasteiger partial charge is 0.263 e. The highest BCUT2D eigenvalue weighted by Crippen LogP contribution is 2.24. The van der Waals surface area contributed by atoms with Crippen LogP contribution in [-0.2, 0) is 14.3 Å². The predicted molar refractivity (Wildman–Crippen MR) is 84.3 cm³/mol. The van der Waals surface area contributed by atoms with Crippen LogP contribution in [0.5, 0.6) is 0 Å². The van der Waals surface area contributed by atoms with Gasteiger partial charge in [-0.25, -0.2) is 0 Å². The predicted octanol–water partition coefficient (Wildman–Crippen LogP) is 4.78. The third-order valence-electron chi connectivity index (χ3n) is 2.85. The molecule has 0 spiro atoms. The van der Waals surface area contributed by atoms with Crippen molar-refractivity contribution in [1.29, 1.82) is 0 Å². The molecule has 0 heterocycles. The van der Waals surface area contributed by atoms with Gasteiger partial charge in [-0.05, 0) is 25.0 Å². The highest BCUT2D eigenvalue weighted by Gasteiger charge is 2.22. The molecule has 0 aliphatic heterocycles. The lowest BCUT2D eigenvalue weighted by Crippen LogP contribution is -2.21. The Hall–Kier alpha value is -0.870. The molecular formula is C16H28O3S. The Bertz CT molecular complexity index is 420. The number of hydrogen-bond acceptors (Lipinski definition) is 3. The zero-order chi connectivity index (χ0) is 15.4. The van der Waals surface area contributed by atoms with Crippen molar-refractivity contribution >= 4 is 10.1 Å². The highest BCUT2D eigenvalue weighted by molar-refractivity contribution is 7.86. The van der Waals surface area contributed by atoms with E-state index in [0.29, 0.717) is 0 Å². The van der Waals surface area contributed by atoms with Gasteiger partial charge < -0.3 is 0 Å².